The van der Waals surface area contributed by atoms with Gasteiger partial charge in [-0.2, -0.15) is 0 Å². The number of hydrogen-bond acceptors (Lipinski definition) is 0. The second-order valence-electron chi connectivity index (χ2n) is 13.3. The quantitative estimate of drug-likeness (QED) is 0.192. The third kappa shape index (κ3) is 11.3. The maximum Gasteiger partial charge on any atom is 0.00285 e. The zero-order valence-corrected chi connectivity index (χ0v) is 27.3. The minimum Gasteiger partial charge on any atom is -0.0850 e. The van der Waals surface area contributed by atoms with Crippen LogP contribution in [0.2, 0.25) is 0 Å². The molecule has 0 heteroatoms. The van der Waals surface area contributed by atoms with Crippen LogP contribution < -0.4 is 0 Å². The monoisotopic (exact) mass is 536 g/mol. The molecular formula is C40H56. The summed E-state index contributed by atoms with van der Waals surface area (Å²) in [4.78, 5) is 0. The van der Waals surface area contributed by atoms with Gasteiger partial charge in [0.25, 0.3) is 0 Å². The van der Waals surface area contributed by atoms with E-state index in [2.05, 4.69) is 160 Å². The highest BCUT2D eigenvalue weighted by Gasteiger charge is 2.30. The molecule has 0 fully saturated rings. The summed E-state index contributed by atoms with van der Waals surface area (Å²) in [6.07, 6.45) is 39.5. The zero-order chi connectivity index (χ0) is 29.8. The van der Waals surface area contributed by atoms with E-state index in [1.807, 2.05) is 0 Å². The van der Waals surface area contributed by atoms with Crippen molar-refractivity contribution in [3.05, 3.63) is 130 Å². The van der Waals surface area contributed by atoms with E-state index in [-0.39, 0.29) is 0 Å². The van der Waals surface area contributed by atoms with E-state index in [0.29, 0.717) is 16.7 Å². The highest BCUT2D eigenvalue weighted by Crippen LogP contribution is 2.42. The van der Waals surface area contributed by atoms with Crippen LogP contribution in [0, 0.1) is 16.7 Å². The summed E-state index contributed by atoms with van der Waals surface area (Å²) in [7, 11) is 0. The fourth-order valence-corrected chi connectivity index (χ4v) is 5.80. The summed E-state index contributed by atoms with van der Waals surface area (Å²) in [5.41, 5.74) is 10.2. The molecule has 1 unspecified atom stereocenters. The molecule has 0 saturated carbocycles. The van der Waals surface area contributed by atoms with Gasteiger partial charge in [-0.15, -0.1) is 0 Å². The second kappa shape index (κ2) is 15.8. The van der Waals surface area contributed by atoms with Crippen LogP contribution in [0.15, 0.2) is 130 Å². The average Bonchev–Trinajstić information content (AvgIpc) is 2.85. The van der Waals surface area contributed by atoms with Crippen molar-refractivity contribution < 1.29 is 0 Å². The summed E-state index contributed by atoms with van der Waals surface area (Å²) in [6.45, 7) is 22.7. The highest BCUT2D eigenvalue weighted by atomic mass is 14.3. The second-order valence-corrected chi connectivity index (χ2v) is 13.3. The standard InChI is InChI=1S/C40H56/c1-31(19-13-21-33(3)25-27-37-35(5)23-15-29-39(37,7)8)17-11-12-18-32(2)20-14-22-34(4)26-28-38-36(6)24-16-30-40(38,9)10/h11-14,17-23,25-28,37H,15-16,24,29-30H2,1-10H3/b12-11+,19-13+,20-14+,27-25+,28-26+,31-17+,32-18-,33-21+,34-22+. The molecule has 40 heavy (non-hydrogen) atoms. The van der Waals surface area contributed by atoms with Gasteiger partial charge in [-0.25, -0.2) is 0 Å². The molecule has 2 aliphatic carbocycles. The summed E-state index contributed by atoms with van der Waals surface area (Å²) < 4.78 is 0. The van der Waals surface area contributed by atoms with Gasteiger partial charge in [0.05, 0.1) is 0 Å². The van der Waals surface area contributed by atoms with Gasteiger partial charge in [-0.05, 0) is 90.0 Å². The molecule has 0 nitrogen and oxygen atoms in total. The third-order valence-corrected chi connectivity index (χ3v) is 8.46. The zero-order valence-electron chi connectivity index (χ0n) is 27.3. The maximum atomic E-state index is 2.41. The lowest BCUT2D eigenvalue weighted by atomic mass is 9.68. The lowest BCUT2D eigenvalue weighted by Crippen LogP contribution is -2.26. The molecule has 1 atom stereocenters. The van der Waals surface area contributed by atoms with Crippen molar-refractivity contribution in [3.63, 3.8) is 0 Å². The normalized spacial score (nSPS) is 23.6. The van der Waals surface area contributed by atoms with Gasteiger partial charge in [0.1, 0.15) is 0 Å². The lowest BCUT2D eigenvalue weighted by molar-refractivity contribution is 0.255. The van der Waals surface area contributed by atoms with Gasteiger partial charge in [-0.1, -0.05) is 152 Å². The van der Waals surface area contributed by atoms with Gasteiger partial charge in [0, 0.05) is 5.92 Å². The van der Waals surface area contributed by atoms with Gasteiger partial charge in [0.2, 0.25) is 0 Å². The van der Waals surface area contributed by atoms with E-state index in [9.17, 15) is 0 Å². The predicted molar refractivity (Wildman–Crippen MR) is 181 cm³/mol. The largest absolute Gasteiger partial charge is 0.0850 e. The minimum absolute atomic E-state index is 0.291. The van der Waals surface area contributed by atoms with E-state index >= 15 is 0 Å². The molecule has 0 aromatic rings. The minimum atomic E-state index is 0.291. The molecule has 0 amide bonds. The smallest absolute Gasteiger partial charge is 0.00285 e. The average molecular weight is 537 g/mol. The first kappa shape index (κ1) is 33.3. The van der Waals surface area contributed by atoms with E-state index < -0.39 is 0 Å². The highest BCUT2D eigenvalue weighted by molar-refractivity contribution is 5.37. The molecule has 0 aromatic carbocycles. The van der Waals surface area contributed by atoms with E-state index in [0.717, 1.165) is 0 Å². The third-order valence-electron chi connectivity index (χ3n) is 8.46. The van der Waals surface area contributed by atoms with Crippen molar-refractivity contribution in [2.75, 3.05) is 0 Å². The fourth-order valence-electron chi connectivity index (χ4n) is 5.80. The Hall–Kier alpha value is -2.86. The Morgan fingerprint density at radius 3 is 1.77 bits per heavy atom. The van der Waals surface area contributed by atoms with E-state index in [4.69, 9.17) is 0 Å². The molecule has 0 bridgehead atoms. The summed E-state index contributed by atoms with van der Waals surface area (Å²) in [5.74, 6) is 0.532. The molecule has 0 aromatic heterocycles. The maximum absolute atomic E-state index is 2.41. The number of rotatable bonds is 10. The first-order chi connectivity index (χ1) is 18.8. The Labute approximate surface area is 247 Å². The Bertz CT molecular complexity index is 1200. The van der Waals surface area contributed by atoms with Crippen molar-refractivity contribution in [1.29, 1.82) is 0 Å². The molecule has 0 spiro atoms. The molecule has 2 aliphatic rings. The summed E-state index contributed by atoms with van der Waals surface area (Å²) in [6, 6.07) is 0. The van der Waals surface area contributed by atoms with Crippen molar-refractivity contribution >= 4 is 0 Å². The van der Waals surface area contributed by atoms with Crippen LogP contribution in [0.1, 0.15) is 101 Å². The van der Waals surface area contributed by atoms with Crippen LogP contribution in [0.3, 0.4) is 0 Å². The van der Waals surface area contributed by atoms with Crippen LogP contribution in [0.25, 0.3) is 0 Å². The van der Waals surface area contributed by atoms with Gasteiger partial charge < -0.3 is 0 Å². The van der Waals surface area contributed by atoms with Crippen molar-refractivity contribution in [1.82, 2.24) is 0 Å². The van der Waals surface area contributed by atoms with Crippen LogP contribution >= 0.6 is 0 Å². The topological polar surface area (TPSA) is 0 Å². The first-order valence-electron chi connectivity index (χ1n) is 15.3. The molecule has 0 radical (unpaired) electrons. The fraction of sp³-hybridized carbons (Fsp3) is 0.450. The summed E-state index contributed by atoms with van der Waals surface area (Å²) in [5, 5.41) is 0. The molecule has 0 heterocycles. The van der Waals surface area contributed by atoms with Crippen molar-refractivity contribution in [2.24, 2.45) is 16.7 Å². The Morgan fingerprint density at radius 2 is 1.23 bits per heavy atom. The van der Waals surface area contributed by atoms with Crippen molar-refractivity contribution in [3.8, 4) is 0 Å². The molecule has 0 aliphatic heterocycles. The number of hydrogen-bond donors (Lipinski definition) is 0. The van der Waals surface area contributed by atoms with Gasteiger partial charge >= 0.3 is 0 Å². The first-order valence-corrected chi connectivity index (χ1v) is 15.3. The SMILES string of the molecule is CC1=CCCC(C)(C)C1/C=C/C(C)=C/C=C/C(C)=C/C=C/C=C(C)\C=C\C=C(C)\C=C\C1=C(C)CCCC1(C)C. The summed E-state index contributed by atoms with van der Waals surface area (Å²) >= 11 is 0. The Morgan fingerprint density at radius 1 is 0.700 bits per heavy atom. The van der Waals surface area contributed by atoms with E-state index in [1.54, 1.807) is 5.57 Å². The van der Waals surface area contributed by atoms with Crippen LogP contribution in [0.5, 0.6) is 0 Å². The molecule has 216 valence electrons. The molecule has 2 rings (SSSR count). The predicted octanol–water partition coefficient (Wildman–Crippen LogP) is 12.5. The lowest BCUT2D eigenvalue weighted by Gasteiger charge is -2.36. The Balaban J connectivity index is 1.88. The van der Waals surface area contributed by atoms with E-state index in [1.165, 1.54) is 65.5 Å². The van der Waals surface area contributed by atoms with Crippen LogP contribution in [-0.2, 0) is 0 Å². The Kier molecular flexibility index (Phi) is 13.2. The van der Waals surface area contributed by atoms with Gasteiger partial charge in [-0.3, -0.25) is 0 Å². The molecule has 0 saturated heterocycles. The molecular weight excluding hydrogens is 480 g/mol. The van der Waals surface area contributed by atoms with Gasteiger partial charge in [0.15, 0.2) is 0 Å². The van der Waals surface area contributed by atoms with Crippen LogP contribution in [0.4, 0.5) is 0 Å². The number of allylic oxidation sites excluding steroid dienone is 22. The van der Waals surface area contributed by atoms with Crippen molar-refractivity contribution in [2.45, 2.75) is 101 Å². The van der Waals surface area contributed by atoms with Crippen LogP contribution in [-0.4, -0.2) is 0 Å². The molecule has 0 N–H and O–H groups in total.